The van der Waals surface area contributed by atoms with E-state index in [9.17, 15) is 5.11 Å². The maximum absolute atomic E-state index is 10.4. The zero-order chi connectivity index (χ0) is 12.3. The van der Waals surface area contributed by atoms with Crippen LogP contribution in [0.1, 0.15) is 44.0 Å². The molecule has 0 spiro atoms. The van der Waals surface area contributed by atoms with E-state index in [2.05, 4.69) is 15.5 Å². The van der Waals surface area contributed by atoms with Crippen LogP contribution in [0.2, 0.25) is 0 Å². The number of methoxy groups -OCH3 is 1. The third kappa shape index (κ3) is 2.48. The van der Waals surface area contributed by atoms with E-state index in [1.807, 2.05) is 6.92 Å². The van der Waals surface area contributed by atoms with Gasteiger partial charge in [-0.15, -0.1) is 0 Å². The summed E-state index contributed by atoms with van der Waals surface area (Å²) in [6.45, 7) is 3.36. The monoisotopic (exact) mass is 241 g/mol. The molecule has 1 saturated heterocycles. The molecule has 1 fully saturated rings. The van der Waals surface area contributed by atoms with Gasteiger partial charge in [0.1, 0.15) is 6.10 Å². The van der Waals surface area contributed by atoms with Crippen molar-refractivity contribution >= 4 is 0 Å². The van der Waals surface area contributed by atoms with Gasteiger partial charge in [-0.2, -0.15) is 4.98 Å². The Morgan fingerprint density at radius 2 is 2.47 bits per heavy atom. The molecule has 17 heavy (non-hydrogen) atoms. The average molecular weight is 241 g/mol. The van der Waals surface area contributed by atoms with Crippen LogP contribution in [0, 0.1) is 0 Å². The second kappa shape index (κ2) is 5.12. The van der Waals surface area contributed by atoms with Crippen LogP contribution in [0.3, 0.4) is 0 Å². The maximum atomic E-state index is 10.4. The quantitative estimate of drug-likeness (QED) is 0.809. The van der Waals surface area contributed by atoms with Gasteiger partial charge in [-0.3, -0.25) is 0 Å². The summed E-state index contributed by atoms with van der Waals surface area (Å²) in [6.07, 6.45) is 2.14. The number of aromatic nitrogens is 2. The van der Waals surface area contributed by atoms with Crippen LogP contribution in [-0.4, -0.2) is 35.4 Å². The summed E-state index contributed by atoms with van der Waals surface area (Å²) in [6, 6.07) is 0. The van der Waals surface area contributed by atoms with Gasteiger partial charge in [0.25, 0.3) is 5.89 Å². The van der Waals surface area contributed by atoms with Crippen molar-refractivity contribution in [3.63, 3.8) is 0 Å². The lowest BCUT2D eigenvalue weighted by Crippen LogP contribution is -2.43. The Balaban J connectivity index is 2.16. The van der Waals surface area contributed by atoms with Gasteiger partial charge in [-0.25, -0.2) is 0 Å². The Bertz CT molecular complexity index is 357. The van der Waals surface area contributed by atoms with Gasteiger partial charge >= 0.3 is 0 Å². The molecule has 1 aromatic heterocycles. The van der Waals surface area contributed by atoms with Crippen LogP contribution in [0.15, 0.2) is 4.52 Å². The minimum Gasteiger partial charge on any atom is -0.379 e. The van der Waals surface area contributed by atoms with E-state index >= 15 is 0 Å². The van der Waals surface area contributed by atoms with Gasteiger partial charge in [-0.05, 0) is 25.8 Å². The molecule has 2 N–H and O–H groups in total. The van der Waals surface area contributed by atoms with E-state index in [0.717, 1.165) is 19.4 Å². The molecule has 2 rings (SSSR count). The summed E-state index contributed by atoms with van der Waals surface area (Å²) < 4.78 is 10.4. The van der Waals surface area contributed by atoms with Crippen molar-refractivity contribution in [2.75, 3.05) is 20.2 Å². The van der Waals surface area contributed by atoms with Gasteiger partial charge < -0.3 is 19.7 Å². The second-order valence-electron chi connectivity index (χ2n) is 4.40. The zero-order valence-corrected chi connectivity index (χ0v) is 10.3. The molecule has 1 aliphatic heterocycles. The van der Waals surface area contributed by atoms with Gasteiger partial charge in [-0.1, -0.05) is 12.1 Å². The molecule has 2 unspecified atom stereocenters. The SMILES string of the molecule is CCC(OC)c1noc(C2(O)CCCNC2)n1. The lowest BCUT2D eigenvalue weighted by atomic mass is 9.94. The van der Waals surface area contributed by atoms with Crippen molar-refractivity contribution in [3.05, 3.63) is 11.7 Å². The Morgan fingerprint density at radius 3 is 3.06 bits per heavy atom. The fourth-order valence-electron chi connectivity index (χ4n) is 2.08. The van der Waals surface area contributed by atoms with Crippen molar-refractivity contribution in [3.8, 4) is 0 Å². The van der Waals surface area contributed by atoms with Crippen molar-refractivity contribution in [1.29, 1.82) is 0 Å². The summed E-state index contributed by atoms with van der Waals surface area (Å²) in [5, 5.41) is 17.4. The number of ether oxygens (including phenoxy) is 1. The number of rotatable bonds is 4. The van der Waals surface area contributed by atoms with E-state index in [1.165, 1.54) is 0 Å². The third-order valence-corrected chi connectivity index (χ3v) is 3.14. The molecule has 1 aliphatic rings. The van der Waals surface area contributed by atoms with Crippen LogP contribution in [0.4, 0.5) is 0 Å². The molecule has 6 heteroatoms. The molecule has 0 amide bonds. The molecule has 6 nitrogen and oxygen atoms in total. The van der Waals surface area contributed by atoms with E-state index in [4.69, 9.17) is 9.26 Å². The molecule has 0 aromatic carbocycles. The first-order valence-corrected chi connectivity index (χ1v) is 5.99. The summed E-state index contributed by atoms with van der Waals surface area (Å²) >= 11 is 0. The minimum absolute atomic E-state index is 0.173. The number of hydrogen-bond donors (Lipinski definition) is 2. The molecule has 1 aromatic rings. The summed E-state index contributed by atoms with van der Waals surface area (Å²) in [5.74, 6) is 0.791. The van der Waals surface area contributed by atoms with Gasteiger partial charge in [0.05, 0.1) is 0 Å². The van der Waals surface area contributed by atoms with Crippen LogP contribution >= 0.6 is 0 Å². The predicted octanol–water partition coefficient (Wildman–Crippen LogP) is 0.738. The summed E-state index contributed by atoms with van der Waals surface area (Å²) in [5.41, 5.74) is -1.03. The van der Waals surface area contributed by atoms with Crippen molar-refractivity contribution in [1.82, 2.24) is 15.5 Å². The number of hydrogen-bond acceptors (Lipinski definition) is 6. The fourth-order valence-corrected chi connectivity index (χ4v) is 2.08. The lowest BCUT2D eigenvalue weighted by molar-refractivity contribution is -0.0167. The smallest absolute Gasteiger partial charge is 0.260 e. The van der Waals surface area contributed by atoms with Gasteiger partial charge in [0.15, 0.2) is 5.60 Å². The standard InChI is InChI=1S/C11H19N3O3/c1-3-8(16-2)9-13-10(17-14-9)11(15)5-4-6-12-7-11/h8,12,15H,3-7H2,1-2H3. The molecular formula is C11H19N3O3. The Morgan fingerprint density at radius 1 is 1.65 bits per heavy atom. The molecule has 0 saturated carbocycles. The Hall–Kier alpha value is -0.980. The van der Waals surface area contributed by atoms with Crippen molar-refractivity contribution in [2.45, 2.75) is 37.9 Å². The number of nitrogens with one attached hydrogen (secondary N) is 1. The third-order valence-electron chi connectivity index (χ3n) is 3.14. The van der Waals surface area contributed by atoms with E-state index in [0.29, 0.717) is 18.8 Å². The van der Waals surface area contributed by atoms with Crippen LogP contribution in [0.5, 0.6) is 0 Å². The second-order valence-corrected chi connectivity index (χ2v) is 4.40. The van der Waals surface area contributed by atoms with Gasteiger partial charge in [0, 0.05) is 13.7 Å². The molecular weight excluding hydrogens is 222 g/mol. The van der Waals surface area contributed by atoms with Crippen LogP contribution in [0.25, 0.3) is 0 Å². The Labute approximate surface area is 100 Å². The summed E-state index contributed by atoms with van der Waals surface area (Å²) in [4.78, 5) is 4.25. The van der Waals surface area contributed by atoms with Crippen LogP contribution < -0.4 is 5.32 Å². The molecule has 0 aliphatic carbocycles. The first-order chi connectivity index (χ1) is 8.19. The lowest BCUT2D eigenvalue weighted by Gasteiger charge is -2.28. The predicted molar refractivity (Wildman–Crippen MR) is 60.3 cm³/mol. The highest BCUT2D eigenvalue weighted by atomic mass is 16.5. The van der Waals surface area contributed by atoms with E-state index in [-0.39, 0.29) is 12.0 Å². The first kappa shape index (κ1) is 12.5. The minimum atomic E-state index is -1.03. The van der Waals surface area contributed by atoms with E-state index in [1.54, 1.807) is 7.11 Å². The number of aliphatic hydroxyl groups is 1. The zero-order valence-electron chi connectivity index (χ0n) is 10.3. The topological polar surface area (TPSA) is 80.4 Å². The molecule has 0 bridgehead atoms. The first-order valence-electron chi connectivity index (χ1n) is 5.99. The molecule has 0 radical (unpaired) electrons. The number of piperidine rings is 1. The summed E-state index contributed by atoms with van der Waals surface area (Å²) in [7, 11) is 1.61. The molecule has 2 heterocycles. The average Bonchev–Trinajstić information content (AvgIpc) is 2.82. The highest BCUT2D eigenvalue weighted by Gasteiger charge is 2.37. The normalized spacial score (nSPS) is 27.0. The van der Waals surface area contributed by atoms with Crippen molar-refractivity contribution < 1.29 is 14.4 Å². The number of nitrogens with zero attached hydrogens (tertiary/aromatic N) is 2. The Kier molecular flexibility index (Phi) is 3.76. The number of β-amino-alcohol motifs (C(OH)–C–C–N with tert-alkyl or cyclic N) is 1. The van der Waals surface area contributed by atoms with Crippen molar-refractivity contribution in [2.24, 2.45) is 0 Å². The molecule has 96 valence electrons. The largest absolute Gasteiger partial charge is 0.379 e. The molecule has 2 atom stereocenters. The van der Waals surface area contributed by atoms with E-state index < -0.39 is 5.60 Å². The highest BCUT2D eigenvalue weighted by molar-refractivity contribution is 5.03. The fraction of sp³-hybridized carbons (Fsp3) is 0.818. The van der Waals surface area contributed by atoms with Crippen LogP contribution in [-0.2, 0) is 10.3 Å². The van der Waals surface area contributed by atoms with Gasteiger partial charge in [0.2, 0.25) is 5.82 Å². The highest BCUT2D eigenvalue weighted by Crippen LogP contribution is 2.28. The maximum Gasteiger partial charge on any atom is 0.260 e.